The van der Waals surface area contributed by atoms with Gasteiger partial charge in [-0.1, -0.05) is 46.9 Å². The van der Waals surface area contributed by atoms with Gasteiger partial charge in [0.1, 0.15) is 79.8 Å². The van der Waals surface area contributed by atoms with Crippen molar-refractivity contribution < 1.29 is 71.2 Å². The summed E-state index contributed by atoms with van der Waals surface area (Å²) in [6.45, 7) is 19.2. The SMILES string of the molecule is CC1(N)CCN(CCCOc2cc3nccc(Oc4ccc(CC(=O)CC5CC5)c(Cl)c4)c3c3c2OCCO3)CC1.CC1(NC(=O)OC(C)(C)C)CCN(CCCOc2cc3nccc(Oc4ccc(CC(=O)CC5CC5)c(Cl)c4)c3c3c2OCCO3)CC1.COc1cc2nccc(Cl)c2c2c1OCCO2. The number of halogens is 3. The number of nitrogens with one attached hydrogen (secondary N) is 1. The van der Waals surface area contributed by atoms with Gasteiger partial charge in [0.25, 0.3) is 0 Å². The number of rotatable bonds is 24. The number of ketones is 2. The Morgan fingerprint density at radius 1 is 0.528 bits per heavy atom. The predicted octanol–water partition coefficient (Wildman–Crippen LogP) is 16.1. The monoisotopic (exact) mass is 1510 g/mol. The molecule has 1 amide bonds. The molecule has 3 aromatic heterocycles. The lowest BCUT2D eigenvalue weighted by Gasteiger charge is -2.40. The van der Waals surface area contributed by atoms with Crippen molar-refractivity contribution in [3.05, 3.63) is 118 Å². The molecule has 5 aliphatic heterocycles. The van der Waals surface area contributed by atoms with Gasteiger partial charge in [0.05, 0.1) is 58.1 Å². The number of piperidine rings is 2. The van der Waals surface area contributed by atoms with Crippen LogP contribution in [0.3, 0.4) is 0 Å². The molecule has 0 unspecified atom stereocenters. The van der Waals surface area contributed by atoms with Crippen LogP contribution in [0.2, 0.25) is 15.1 Å². The summed E-state index contributed by atoms with van der Waals surface area (Å²) in [6, 6.07) is 21.8. The van der Waals surface area contributed by atoms with E-state index in [9.17, 15) is 14.4 Å². The maximum atomic E-state index is 12.4. The molecule has 15 rings (SSSR count). The number of methoxy groups -OCH3 is 1. The number of nitrogens with zero attached hydrogens (tertiary/aromatic N) is 5. The standard InChI is InChI=1S/C37H46ClN3O7.C32H38ClN3O5.C12H10ClNO3/c1-36(2,3)48-35(43)40-37(4)11-15-41(16-12-37)14-5-17-44-31-23-29-32(34-33(31)45-18-19-46-34)30(10-13-39-29)47-27-9-8-25(28(38)22-27)21-26(42)20-24-6-7-24;1-32(34)8-12-36(13-9-32)11-2-14-38-28-20-26-29(31-30(28)39-15-16-40-31)27(7-10-35-26)41-24-6-5-22(25(33)19-24)18-23(37)17-21-3-4-21;1-15-9-6-8-10(7(13)2-3-14-8)12-11(9)16-4-5-17-12/h8-10,13,22-24H,5-7,11-12,14-21H2,1-4H3,(H,40,43);5-7,10,19-21H,2-4,8-9,11-18,34H2,1H3;2-3,6H,4-5H2,1H3. The average Bonchev–Trinajstić information content (AvgIpc) is 1.08. The van der Waals surface area contributed by atoms with E-state index in [1.54, 1.807) is 62.1 Å². The van der Waals surface area contributed by atoms with Gasteiger partial charge in [-0.05, 0) is 177 Å². The number of hydrogen-bond donors (Lipinski definition) is 2. The normalized spacial score (nSPS) is 17.2. The summed E-state index contributed by atoms with van der Waals surface area (Å²) in [6.07, 6.45) is 16.7. The Kier molecular flexibility index (Phi) is 24.1. The van der Waals surface area contributed by atoms with Gasteiger partial charge in [0, 0.05) is 110 Å². The van der Waals surface area contributed by atoms with Crippen molar-refractivity contribution in [2.24, 2.45) is 17.6 Å². The van der Waals surface area contributed by atoms with Gasteiger partial charge in [0.2, 0.25) is 17.2 Å². The first-order valence-corrected chi connectivity index (χ1v) is 38.0. The molecule has 0 atom stereocenters. The summed E-state index contributed by atoms with van der Waals surface area (Å²) in [7, 11) is 1.59. The number of pyridine rings is 3. The van der Waals surface area contributed by atoms with Crippen molar-refractivity contribution in [2.75, 3.05) is 99.2 Å². The first-order chi connectivity index (χ1) is 51.1. The fourth-order valence-electron chi connectivity index (χ4n) is 13.6. The highest BCUT2D eigenvalue weighted by Gasteiger charge is 2.35. The van der Waals surface area contributed by atoms with Crippen LogP contribution in [-0.4, -0.2) is 158 Å². The molecule has 7 aliphatic rings. The Bertz CT molecular complexity index is 4490. The van der Waals surface area contributed by atoms with E-state index in [0.717, 1.165) is 126 Å². The molecule has 564 valence electrons. The van der Waals surface area contributed by atoms with Crippen LogP contribution in [0, 0.1) is 11.8 Å². The maximum absolute atomic E-state index is 12.4. The third kappa shape index (κ3) is 19.6. The highest BCUT2D eigenvalue weighted by molar-refractivity contribution is 6.36. The topological polar surface area (TPSA) is 245 Å². The molecule has 4 fully saturated rings. The Morgan fingerprint density at radius 3 is 1.37 bits per heavy atom. The number of fused-ring (bicyclic) bond motifs is 9. The zero-order valence-corrected chi connectivity index (χ0v) is 63.5. The second kappa shape index (κ2) is 33.7. The molecule has 106 heavy (non-hydrogen) atoms. The molecule has 2 saturated heterocycles. The van der Waals surface area contributed by atoms with Crippen LogP contribution >= 0.6 is 34.8 Å². The lowest BCUT2D eigenvalue weighted by Crippen LogP contribution is -2.54. The highest BCUT2D eigenvalue weighted by Crippen LogP contribution is 2.52. The molecule has 22 nitrogen and oxygen atoms in total. The number of ether oxygens (including phenoxy) is 12. The minimum Gasteiger partial charge on any atom is -0.493 e. The number of alkyl carbamates (subject to hydrolysis) is 1. The van der Waals surface area contributed by atoms with Gasteiger partial charge >= 0.3 is 6.09 Å². The fraction of sp³-hybridized carbons (Fsp3) is 0.481. The van der Waals surface area contributed by atoms with Gasteiger partial charge < -0.3 is 77.7 Å². The summed E-state index contributed by atoms with van der Waals surface area (Å²) in [5.41, 5.74) is 9.13. The number of carbonyl (C=O) groups excluding carboxylic acids is 3. The van der Waals surface area contributed by atoms with E-state index in [1.165, 1.54) is 0 Å². The van der Waals surface area contributed by atoms with Crippen molar-refractivity contribution in [1.29, 1.82) is 0 Å². The summed E-state index contributed by atoms with van der Waals surface area (Å²) in [5, 5.41) is 6.86. The van der Waals surface area contributed by atoms with E-state index in [4.69, 9.17) is 97.4 Å². The van der Waals surface area contributed by atoms with Gasteiger partial charge in [-0.15, -0.1) is 0 Å². The lowest BCUT2D eigenvalue weighted by atomic mass is 9.90. The van der Waals surface area contributed by atoms with Crippen molar-refractivity contribution in [3.63, 3.8) is 0 Å². The quantitative estimate of drug-likeness (QED) is 0.0534. The Hall–Kier alpha value is -8.51. The Morgan fingerprint density at radius 2 is 0.934 bits per heavy atom. The van der Waals surface area contributed by atoms with Crippen LogP contribution in [0.15, 0.2) is 91.4 Å². The number of likely N-dealkylation sites (tertiary alicyclic amines) is 2. The first kappa shape index (κ1) is 75.7. The number of hydrogen-bond acceptors (Lipinski definition) is 21. The van der Waals surface area contributed by atoms with E-state index in [1.807, 2.05) is 57.2 Å². The zero-order chi connectivity index (χ0) is 74.1. The number of amides is 1. The van der Waals surface area contributed by atoms with E-state index in [0.29, 0.717) is 202 Å². The van der Waals surface area contributed by atoms with Crippen LogP contribution < -0.4 is 63.2 Å². The molecule has 3 N–H and O–H groups in total. The second-order valence-electron chi connectivity index (χ2n) is 29.9. The maximum Gasteiger partial charge on any atom is 0.408 e. The molecule has 2 saturated carbocycles. The molecule has 2 aliphatic carbocycles. The van der Waals surface area contributed by atoms with Crippen molar-refractivity contribution in [3.8, 4) is 74.7 Å². The highest BCUT2D eigenvalue weighted by atomic mass is 35.5. The number of carbonyl (C=O) groups is 3. The fourth-order valence-corrected chi connectivity index (χ4v) is 14.3. The smallest absolute Gasteiger partial charge is 0.408 e. The number of nitrogens with two attached hydrogens (primary N) is 1. The summed E-state index contributed by atoms with van der Waals surface area (Å²) in [4.78, 5) is 55.3. The molecule has 5 aromatic carbocycles. The zero-order valence-electron chi connectivity index (χ0n) is 61.2. The lowest BCUT2D eigenvalue weighted by molar-refractivity contribution is -0.119. The average molecular weight is 1510 g/mol. The minimum atomic E-state index is -0.519. The summed E-state index contributed by atoms with van der Waals surface area (Å²) in [5.74, 6) is 9.07. The molecule has 25 heteroatoms. The first-order valence-electron chi connectivity index (χ1n) is 36.9. The van der Waals surface area contributed by atoms with E-state index < -0.39 is 5.60 Å². The predicted molar refractivity (Wildman–Crippen MR) is 407 cm³/mol. The molecular formula is C81H94Cl3N7O15. The molecule has 0 radical (unpaired) electrons. The van der Waals surface area contributed by atoms with Crippen LogP contribution in [0.5, 0.6) is 74.7 Å². The van der Waals surface area contributed by atoms with E-state index >= 15 is 0 Å². The van der Waals surface area contributed by atoms with E-state index in [2.05, 4.69) is 43.9 Å². The Labute approximate surface area is 633 Å². The largest absolute Gasteiger partial charge is 0.493 e. The third-order valence-corrected chi connectivity index (χ3v) is 20.8. The van der Waals surface area contributed by atoms with Crippen LogP contribution in [-0.2, 0) is 27.2 Å². The van der Waals surface area contributed by atoms with Crippen LogP contribution in [0.4, 0.5) is 4.79 Å². The van der Waals surface area contributed by atoms with Crippen LogP contribution in [0.25, 0.3) is 32.7 Å². The van der Waals surface area contributed by atoms with Crippen molar-refractivity contribution in [2.45, 2.75) is 141 Å². The molecule has 8 aromatic rings. The second-order valence-corrected chi connectivity index (χ2v) is 31.1. The summed E-state index contributed by atoms with van der Waals surface area (Å²) < 4.78 is 71.3. The molecule has 0 bridgehead atoms. The Balaban J connectivity index is 0.000000155. The van der Waals surface area contributed by atoms with E-state index in [-0.39, 0.29) is 28.7 Å². The van der Waals surface area contributed by atoms with Gasteiger partial charge in [0.15, 0.2) is 34.5 Å². The van der Waals surface area contributed by atoms with Crippen LogP contribution in [0.1, 0.15) is 123 Å². The summed E-state index contributed by atoms with van der Waals surface area (Å²) >= 11 is 19.3. The van der Waals surface area contributed by atoms with Crippen molar-refractivity contribution >= 4 is 85.2 Å². The van der Waals surface area contributed by atoms with Crippen molar-refractivity contribution in [1.82, 2.24) is 30.1 Å². The third-order valence-electron chi connectivity index (χ3n) is 19.8. The van der Waals surface area contributed by atoms with Gasteiger partial charge in [-0.3, -0.25) is 24.5 Å². The molecule has 8 heterocycles. The molecule has 0 spiro atoms. The van der Waals surface area contributed by atoms with Gasteiger partial charge in [-0.2, -0.15) is 0 Å². The number of aromatic nitrogens is 3. The minimum absolute atomic E-state index is 0.0463. The van der Waals surface area contributed by atoms with Gasteiger partial charge in [-0.25, -0.2) is 4.79 Å². The number of Topliss-reactive ketones (excluding diaryl/α,β-unsaturated/α-hetero) is 2. The number of benzene rings is 5. The molecular weight excluding hydrogens is 1420 g/mol.